The van der Waals surface area contributed by atoms with Crippen molar-refractivity contribution in [2.45, 2.75) is 64.6 Å². The van der Waals surface area contributed by atoms with Gasteiger partial charge in [0, 0.05) is 24.7 Å². The molecule has 1 N–H and O–H groups in total. The normalized spacial score (nSPS) is 25.4. The van der Waals surface area contributed by atoms with Gasteiger partial charge < -0.3 is 5.32 Å². The number of hydrogen-bond acceptors (Lipinski definition) is 2. The van der Waals surface area contributed by atoms with Crippen LogP contribution in [0.25, 0.3) is 0 Å². The summed E-state index contributed by atoms with van der Waals surface area (Å²) in [4.78, 5) is 2.83. The average Bonchev–Trinajstić information content (AvgIpc) is 3.30. The van der Waals surface area contributed by atoms with Crippen molar-refractivity contribution in [1.29, 1.82) is 0 Å². The summed E-state index contributed by atoms with van der Waals surface area (Å²) in [6.45, 7) is 9.25. The van der Waals surface area contributed by atoms with Crippen LogP contribution in [0.3, 0.4) is 0 Å². The van der Waals surface area contributed by atoms with E-state index >= 15 is 0 Å². The Morgan fingerprint density at radius 3 is 2.62 bits per heavy atom. The van der Waals surface area contributed by atoms with Gasteiger partial charge in [0.1, 0.15) is 0 Å². The van der Waals surface area contributed by atoms with Gasteiger partial charge in [-0.1, -0.05) is 45.0 Å². The summed E-state index contributed by atoms with van der Waals surface area (Å²) < 4.78 is 0. The molecule has 2 aliphatic rings. The number of likely N-dealkylation sites (N-methyl/N-ethyl adjacent to an activating group) is 1. The highest BCUT2D eigenvalue weighted by atomic mass is 15.2. The van der Waals surface area contributed by atoms with Crippen LogP contribution < -0.4 is 5.32 Å². The maximum absolute atomic E-state index is 3.79. The van der Waals surface area contributed by atoms with Gasteiger partial charge in [-0.25, -0.2) is 0 Å². The third kappa shape index (κ3) is 3.32. The summed E-state index contributed by atoms with van der Waals surface area (Å²) in [6, 6.07) is 11.1. The zero-order chi connectivity index (χ0) is 14.8. The van der Waals surface area contributed by atoms with Crippen LogP contribution in [0.4, 0.5) is 0 Å². The van der Waals surface area contributed by atoms with E-state index in [4.69, 9.17) is 0 Å². The van der Waals surface area contributed by atoms with E-state index in [2.05, 4.69) is 55.3 Å². The second kappa shape index (κ2) is 6.50. The molecule has 2 unspecified atom stereocenters. The van der Waals surface area contributed by atoms with Gasteiger partial charge >= 0.3 is 0 Å². The first-order chi connectivity index (χ1) is 10.2. The topological polar surface area (TPSA) is 15.3 Å². The Bertz CT molecular complexity index is 464. The molecule has 3 rings (SSSR count). The van der Waals surface area contributed by atoms with Crippen molar-refractivity contribution in [2.75, 3.05) is 13.1 Å². The van der Waals surface area contributed by atoms with Gasteiger partial charge in [-0.3, -0.25) is 4.90 Å². The summed E-state index contributed by atoms with van der Waals surface area (Å²) in [7, 11) is 0. The van der Waals surface area contributed by atoms with Crippen molar-refractivity contribution < 1.29 is 0 Å². The molecule has 0 bridgehead atoms. The van der Waals surface area contributed by atoms with Gasteiger partial charge in [0.15, 0.2) is 0 Å². The fourth-order valence-corrected chi connectivity index (χ4v) is 3.95. The fourth-order valence-electron chi connectivity index (χ4n) is 3.95. The molecule has 0 aliphatic heterocycles. The lowest BCUT2D eigenvalue weighted by atomic mass is 9.82. The minimum Gasteiger partial charge on any atom is -0.309 e. The zero-order valence-corrected chi connectivity index (χ0v) is 13.8. The lowest BCUT2D eigenvalue weighted by Crippen LogP contribution is -2.49. The smallest absolute Gasteiger partial charge is 0.0481 e. The third-order valence-corrected chi connectivity index (χ3v) is 4.93. The molecule has 1 aromatic carbocycles. The summed E-state index contributed by atoms with van der Waals surface area (Å²) >= 11 is 0. The molecule has 0 aromatic heterocycles. The number of rotatable bonds is 6. The van der Waals surface area contributed by atoms with Gasteiger partial charge in [0.25, 0.3) is 0 Å². The Morgan fingerprint density at radius 1 is 1.19 bits per heavy atom. The second-order valence-corrected chi connectivity index (χ2v) is 7.16. The minimum atomic E-state index is 0.513. The lowest BCUT2D eigenvalue weighted by molar-refractivity contribution is 0.117. The highest BCUT2D eigenvalue weighted by Crippen LogP contribution is 2.38. The number of nitrogens with zero attached hydrogens (tertiary/aromatic N) is 1. The average molecular weight is 286 g/mol. The van der Waals surface area contributed by atoms with Crippen molar-refractivity contribution in [3.05, 3.63) is 35.4 Å². The zero-order valence-electron chi connectivity index (χ0n) is 13.8. The molecule has 1 aromatic rings. The van der Waals surface area contributed by atoms with Crippen molar-refractivity contribution in [3.63, 3.8) is 0 Å². The summed E-state index contributed by atoms with van der Waals surface area (Å²) in [5, 5.41) is 3.79. The fraction of sp³-hybridized carbons (Fsp3) is 0.684. The van der Waals surface area contributed by atoms with Gasteiger partial charge in [0.05, 0.1) is 0 Å². The Hall–Kier alpha value is -0.860. The molecule has 2 aliphatic carbocycles. The summed E-state index contributed by atoms with van der Waals surface area (Å²) in [5.74, 6) is 0.755. The highest BCUT2D eigenvalue weighted by molar-refractivity contribution is 5.34. The van der Waals surface area contributed by atoms with Crippen LogP contribution in [0.1, 0.15) is 57.2 Å². The van der Waals surface area contributed by atoms with Crippen LogP contribution in [0, 0.1) is 5.92 Å². The quantitative estimate of drug-likeness (QED) is 0.856. The molecular formula is C19H30N2. The van der Waals surface area contributed by atoms with Crippen molar-refractivity contribution >= 4 is 0 Å². The summed E-state index contributed by atoms with van der Waals surface area (Å²) in [6.07, 6.45) is 5.36. The minimum absolute atomic E-state index is 0.513. The first-order valence-electron chi connectivity index (χ1n) is 8.77. The largest absolute Gasteiger partial charge is 0.309 e. The molecule has 0 amide bonds. The molecule has 0 saturated heterocycles. The monoisotopic (exact) mass is 286 g/mol. The van der Waals surface area contributed by atoms with Crippen molar-refractivity contribution in [1.82, 2.24) is 10.2 Å². The Kier molecular flexibility index (Phi) is 4.66. The molecule has 0 spiro atoms. The number of fused-ring (bicyclic) bond motifs is 1. The molecule has 21 heavy (non-hydrogen) atoms. The van der Waals surface area contributed by atoms with E-state index < -0.39 is 0 Å². The molecule has 2 nitrogen and oxygen atoms in total. The molecular weight excluding hydrogens is 256 g/mol. The molecule has 1 saturated carbocycles. The molecule has 116 valence electrons. The van der Waals surface area contributed by atoms with Crippen LogP contribution in [0.15, 0.2) is 24.3 Å². The maximum Gasteiger partial charge on any atom is 0.0481 e. The molecule has 2 heteroatoms. The Balaban J connectivity index is 1.86. The van der Waals surface area contributed by atoms with Crippen molar-refractivity contribution in [3.8, 4) is 0 Å². The van der Waals surface area contributed by atoms with E-state index in [0.717, 1.165) is 18.5 Å². The number of nitrogens with one attached hydrogen (secondary N) is 1. The molecule has 0 heterocycles. The van der Waals surface area contributed by atoms with E-state index in [0.29, 0.717) is 12.1 Å². The van der Waals surface area contributed by atoms with Crippen LogP contribution in [-0.2, 0) is 6.42 Å². The van der Waals surface area contributed by atoms with Gasteiger partial charge in [-0.2, -0.15) is 0 Å². The van der Waals surface area contributed by atoms with Crippen LogP contribution >= 0.6 is 0 Å². The third-order valence-electron chi connectivity index (χ3n) is 4.93. The Morgan fingerprint density at radius 2 is 1.95 bits per heavy atom. The highest BCUT2D eigenvalue weighted by Gasteiger charge is 2.39. The van der Waals surface area contributed by atoms with Crippen LogP contribution in [-0.4, -0.2) is 30.1 Å². The van der Waals surface area contributed by atoms with E-state index in [1.807, 2.05) is 0 Å². The van der Waals surface area contributed by atoms with Crippen molar-refractivity contribution in [2.24, 2.45) is 5.92 Å². The first-order valence-corrected chi connectivity index (χ1v) is 8.77. The van der Waals surface area contributed by atoms with E-state index in [1.165, 1.54) is 32.2 Å². The van der Waals surface area contributed by atoms with Crippen LogP contribution in [0.5, 0.6) is 0 Å². The predicted molar refractivity (Wildman–Crippen MR) is 89.5 cm³/mol. The number of aryl methyl sites for hydroxylation is 1. The first kappa shape index (κ1) is 15.1. The van der Waals surface area contributed by atoms with E-state index in [9.17, 15) is 0 Å². The maximum atomic E-state index is 3.79. The molecule has 2 atom stereocenters. The van der Waals surface area contributed by atoms with E-state index in [1.54, 1.807) is 11.1 Å². The molecule has 1 fully saturated rings. The molecule has 0 radical (unpaired) electrons. The van der Waals surface area contributed by atoms with Crippen LogP contribution in [0.2, 0.25) is 0 Å². The lowest BCUT2D eigenvalue weighted by Gasteiger charge is -2.42. The Labute approximate surface area is 129 Å². The SMILES string of the molecule is CCNC1c2ccccc2CCC1N(CC(C)C)C1CC1. The number of hydrogen-bond donors (Lipinski definition) is 1. The number of benzene rings is 1. The second-order valence-electron chi connectivity index (χ2n) is 7.16. The van der Waals surface area contributed by atoms with Gasteiger partial charge in [0.2, 0.25) is 0 Å². The predicted octanol–water partition coefficient (Wildman–Crippen LogP) is 3.77. The standard InChI is InChI=1S/C19H30N2/c1-4-20-19-17-8-6-5-7-15(17)9-12-18(19)21(13-14(2)3)16-10-11-16/h5-8,14,16,18-20H,4,9-13H2,1-3H3. The summed E-state index contributed by atoms with van der Waals surface area (Å²) in [5.41, 5.74) is 3.10. The van der Waals surface area contributed by atoms with Gasteiger partial charge in [-0.15, -0.1) is 0 Å². The van der Waals surface area contributed by atoms with E-state index in [-0.39, 0.29) is 0 Å². The van der Waals surface area contributed by atoms with Gasteiger partial charge in [-0.05, 0) is 49.3 Å².